The zero-order valence-corrected chi connectivity index (χ0v) is 14.6. The van der Waals surface area contributed by atoms with Crippen molar-refractivity contribution in [1.29, 1.82) is 0 Å². The van der Waals surface area contributed by atoms with Gasteiger partial charge in [0.15, 0.2) is 0 Å². The number of nitrogens with zero attached hydrogens (tertiary/aromatic N) is 3. The van der Waals surface area contributed by atoms with Gasteiger partial charge in [-0.3, -0.25) is 14.9 Å². The van der Waals surface area contributed by atoms with Crippen molar-refractivity contribution in [3.63, 3.8) is 0 Å². The second-order valence-electron chi connectivity index (χ2n) is 6.48. The summed E-state index contributed by atoms with van der Waals surface area (Å²) in [5.74, 6) is 0. The first-order valence-electron chi connectivity index (χ1n) is 8.97. The Morgan fingerprint density at radius 2 is 1.83 bits per heavy atom. The molecule has 128 valence electrons. The van der Waals surface area contributed by atoms with Crippen LogP contribution in [0.3, 0.4) is 0 Å². The second-order valence-corrected chi connectivity index (χ2v) is 6.48. The molecule has 0 saturated heterocycles. The molecule has 0 aliphatic carbocycles. The molecule has 4 heteroatoms. The van der Waals surface area contributed by atoms with Gasteiger partial charge in [0.1, 0.15) is 0 Å². The number of ether oxygens (including phenoxy) is 1. The van der Waals surface area contributed by atoms with Crippen molar-refractivity contribution in [3.8, 4) is 0 Å². The molecule has 0 fully saturated rings. The van der Waals surface area contributed by atoms with Crippen molar-refractivity contribution in [1.82, 2.24) is 14.9 Å². The largest absolute Gasteiger partial charge is 0.380 e. The fourth-order valence-electron chi connectivity index (χ4n) is 3.11. The Bertz CT molecular complexity index is 644. The van der Waals surface area contributed by atoms with Crippen LogP contribution in [0, 0.1) is 6.92 Å². The third-order valence-electron chi connectivity index (χ3n) is 4.54. The Morgan fingerprint density at radius 1 is 1.00 bits per heavy atom. The average Bonchev–Trinajstić information content (AvgIpc) is 2.60. The van der Waals surface area contributed by atoms with Crippen molar-refractivity contribution in [2.24, 2.45) is 0 Å². The quantitative estimate of drug-likeness (QED) is 0.850. The third kappa shape index (κ3) is 5.11. The van der Waals surface area contributed by atoms with Gasteiger partial charge in [-0.25, -0.2) is 0 Å². The summed E-state index contributed by atoms with van der Waals surface area (Å²) >= 11 is 0. The first kappa shape index (κ1) is 17.1. The van der Waals surface area contributed by atoms with E-state index in [2.05, 4.69) is 41.1 Å². The minimum absolute atomic E-state index is 0.789. The van der Waals surface area contributed by atoms with Gasteiger partial charge in [0.25, 0.3) is 0 Å². The number of pyridine rings is 2. The Labute approximate surface area is 144 Å². The van der Waals surface area contributed by atoms with Crippen LogP contribution in [-0.2, 0) is 24.1 Å². The van der Waals surface area contributed by atoms with E-state index in [1.165, 1.54) is 22.6 Å². The number of hydrogen-bond acceptors (Lipinski definition) is 4. The van der Waals surface area contributed by atoms with Gasteiger partial charge in [0.2, 0.25) is 0 Å². The van der Waals surface area contributed by atoms with Gasteiger partial charge in [-0.05, 0) is 62.9 Å². The zero-order valence-electron chi connectivity index (χ0n) is 14.6. The van der Waals surface area contributed by atoms with Crippen LogP contribution in [-0.4, -0.2) is 41.2 Å². The molecule has 2 bridgehead atoms. The molecular formula is C20H27N3O. The lowest BCUT2D eigenvalue weighted by molar-refractivity contribution is 0.0987. The van der Waals surface area contributed by atoms with E-state index in [1.807, 2.05) is 12.3 Å². The summed E-state index contributed by atoms with van der Waals surface area (Å²) in [5, 5.41) is 0. The van der Waals surface area contributed by atoms with Crippen LogP contribution in [0.2, 0.25) is 0 Å². The topological polar surface area (TPSA) is 38.2 Å². The second kappa shape index (κ2) is 8.90. The highest BCUT2D eigenvalue weighted by Gasteiger charge is 2.10. The molecule has 0 radical (unpaired) electrons. The van der Waals surface area contributed by atoms with Gasteiger partial charge in [0, 0.05) is 37.3 Å². The van der Waals surface area contributed by atoms with E-state index in [4.69, 9.17) is 9.72 Å². The number of aryl methyl sites for hydroxylation is 3. The number of rotatable bonds is 2. The molecule has 0 aromatic carbocycles. The molecule has 0 saturated carbocycles. The van der Waals surface area contributed by atoms with E-state index in [0.29, 0.717) is 0 Å². The van der Waals surface area contributed by atoms with Crippen molar-refractivity contribution >= 4 is 0 Å². The summed E-state index contributed by atoms with van der Waals surface area (Å²) in [6.45, 7) is 6.63. The van der Waals surface area contributed by atoms with Crippen LogP contribution < -0.4 is 0 Å². The normalized spacial score (nSPS) is 17.5. The van der Waals surface area contributed by atoms with E-state index in [-0.39, 0.29) is 0 Å². The van der Waals surface area contributed by atoms with Crippen LogP contribution in [0.15, 0.2) is 36.5 Å². The third-order valence-corrected chi connectivity index (χ3v) is 4.54. The van der Waals surface area contributed by atoms with E-state index >= 15 is 0 Å². The van der Waals surface area contributed by atoms with Crippen molar-refractivity contribution in [2.75, 3.05) is 26.3 Å². The monoisotopic (exact) mass is 325 g/mol. The molecule has 3 heterocycles. The smallest absolute Gasteiger partial charge is 0.0593 e. The van der Waals surface area contributed by atoms with Crippen molar-refractivity contribution in [2.45, 2.75) is 39.2 Å². The average molecular weight is 325 g/mol. The summed E-state index contributed by atoms with van der Waals surface area (Å²) in [5.41, 5.74) is 4.83. The lowest BCUT2D eigenvalue weighted by atomic mass is 10.1. The van der Waals surface area contributed by atoms with Gasteiger partial charge in [-0.1, -0.05) is 12.1 Å². The molecule has 24 heavy (non-hydrogen) atoms. The maximum absolute atomic E-state index is 5.83. The van der Waals surface area contributed by atoms with Crippen LogP contribution in [0.25, 0.3) is 0 Å². The van der Waals surface area contributed by atoms with E-state index in [9.17, 15) is 0 Å². The first-order valence-corrected chi connectivity index (χ1v) is 8.97. The number of fused-ring (bicyclic) bond motifs is 2. The van der Waals surface area contributed by atoms with Gasteiger partial charge in [-0.2, -0.15) is 0 Å². The van der Waals surface area contributed by atoms with Crippen molar-refractivity contribution < 1.29 is 4.74 Å². The van der Waals surface area contributed by atoms with Crippen LogP contribution in [0.1, 0.15) is 35.5 Å². The van der Waals surface area contributed by atoms with Crippen LogP contribution in [0.4, 0.5) is 0 Å². The van der Waals surface area contributed by atoms with Gasteiger partial charge < -0.3 is 4.74 Å². The molecule has 1 aliphatic rings. The molecular weight excluding hydrogens is 298 g/mol. The minimum atomic E-state index is 0.789. The Kier molecular flexibility index (Phi) is 6.33. The van der Waals surface area contributed by atoms with Gasteiger partial charge in [0.05, 0.1) is 12.3 Å². The maximum Gasteiger partial charge on any atom is 0.0593 e. The summed E-state index contributed by atoms with van der Waals surface area (Å²) < 4.78 is 5.83. The molecule has 4 nitrogen and oxygen atoms in total. The lowest BCUT2D eigenvalue weighted by Gasteiger charge is -2.22. The van der Waals surface area contributed by atoms with E-state index < -0.39 is 0 Å². The Hall–Kier alpha value is -1.78. The molecule has 0 amide bonds. The van der Waals surface area contributed by atoms with E-state index in [1.54, 1.807) is 0 Å². The standard InChI is InChI=1S/C20H27N3O/c1-17-6-3-11-21-20(17)16-23-12-4-9-18-7-2-8-19(22-18)10-5-14-24-15-13-23/h2-3,6-8,11H,4-5,9-10,12-16H2,1H3. The zero-order chi connectivity index (χ0) is 16.6. The molecule has 0 unspecified atom stereocenters. The minimum Gasteiger partial charge on any atom is -0.380 e. The maximum atomic E-state index is 5.83. The molecule has 0 atom stereocenters. The SMILES string of the molecule is Cc1cccnc1CN1CCCc2cccc(n2)CCCOCC1. The predicted molar refractivity (Wildman–Crippen MR) is 95.9 cm³/mol. The first-order chi connectivity index (χ1) is 11.8. The van der Waals surface area contributed by atoms with Crippen LogP contribution >= 0.6 is 0 Å². The fourth-order valence-corrected chi connectivity index (χ4v) is 3.11. The molecule has 3 rings (SSSR count). The molecule has 0 spiro atoms. The van der Waals surface area contributed by atoms with Gasteiger partial charge >= 0.3 is 0 Å². The molecule has 2 aromatic heterocycles. The highest BCUT2D eigenvalue weighted by molar-refractivity contribution is 5.17. The summed E-state index contributed by atoms with van der Waals surface area (Å²) in [7, 11) is 0. The Balaban J connectivity index is 1.65. The lowest BCUT2D eigenvalue weighted by Crippen LogP contribution is -2.29. The highest BCUT2D eigenvalue weighted by Crippen LogP contribution is 2.10. The molecule has 2 aromatic rings. The molecule has 1 aliphatic heterocycles. The summed E-state index contributed by atoms with van der Waals surface area (Å²) in [6, 6.07) is 10.5. The Morgan fingerprint density at radius 3 is 2.67 bits per heavy atom. The fraction of sp³-hybridized carbons (Fsp3) is 0.500. The number of aromatic nitrogens is 2. The summed E-state index contributed by atoms with van der Waals surface area (Å²) in [6.07, 6.45) is 6.07. The predicted octanol–water partition coefficient (Wildman–Crippen LogP) is 3.18. The summed E-state index contributed by atoms with van der Waals surface area (Å²) in [4.78, 5) is 11.8. The van der Waals surface area contributed by atoms with Gasteiger partial charge in [-0.15, -0.1) is 0 Å². The highest BCUT2D eigenvalue weighted by atomic mass is 16.5. The van der Waals surface area contributed by atoms with E-state index in [0.717, 1.165) is 58.5 Å². The number of hydrogen-bond donors (Lipinski definition) is 0. The molecule has 0 N–H and O–H groups in total. The van der Waals surface area contributed by atoms with Crippen LogP contribution in [0.5, 0.6) is 0 Å². The van der Waals surface area contributed by atoms with Crippen molar-refractivity contribution in [3.05, 3.63) is 59.2 Å².